The molecule has 0 radical (unpaired) electrons. The smallest absolute Gasteiger partial charge is 0.240 e. The van der Waals surface area contributed by atoms with Gasteiger partial charge in [0.05, 0.1) is 17.6 Å². The van der Waals surface area contributed by atoms with E-state index in [0.29, 0.717) is 23.9 Å². The van der Waals surface area contributed by atoms with E-state index < -0.39 is 0 Å². The third kappa shape index (κ3) is 3.99. The lowest BCUT2D eigenvalue weighted by atomic mass is 10.1. The molecule has 5 heteroatoms. The minimum Gasteiger partial charge on any atom is -0.492 e. The highest BCUT2D eigenvalue weighted by Crippen LogP contribution is 2.19. The van der Waals surface area contributed by atoms with Crippen molar-refractivity contribution in [2.45, 2.75) is 13.5 Å². The molecule has 0 spiro atoms. The summed E-state index contributed by atoms with van der Waals surface area (Å²) in [4.78, 5) is 25.3. The Hall–Kier alpha value is -3.60. The zero-order valence-corrected chi connectivity index (χ0v) is 16.2. The molecule has 0 aliphatic heterocycles. The van der Waals surface area contributed by atoms with E-state index in [-0.39, 0.29) is 17.9 Å². The van der Waals surface area contributed by atoms with Crippen LogP contribution >= 0.6 is 0 Å². The maximum atomic E-state index is 12.8. The molecule has 0 atom stereocenters. The topological polar surface area (TPSA) is 60.3 Å². The van der Waals surface area contributed by atoms with E-state index >= 15 is 0 Å². The van der Waals surface area contributed by atoms with Gasteiger partial charge in [-0.05, 0) is 48.9 Å². The first-order valence-corrected chi connectivity index (χ1v) is 9.60. The molecule has 1 amide bonds. The maximum absolute atomic E-state index is 12.8. The number of para-hydroxylation sites is 2. The Balaban J connectivity index is 1.50. The average Bonchev–Trinajstić information content (AvgIpc) is 2.74. The molecule has 1 N–H and O–H groups in total. The molecule has 146 valence electrons. The number of hydrogen-bond donors (Lipinski definition) is 1. The van der Waals surface area contributed by atoms with E-state index in [1.54, 1.807) is 12.1 Å². The normalized spacial score (nSPS) is 10.9. The molecule has 29 heavy (non-hydrogen) atoms. The highest BCUT2D eigenvalue weighted by atomic mass is 16.5. The number of ether oxygens (including phenoxy) is 1. The molecule has 0 aliphatic rings. The molecule has 0 saturated carbocycles. The quantitative estimate of drug-likeness (QED) is 0.406. The molecular formula is C24H22N2O3. The summed E-state index contributed by atoms with van der Waals surface area (Å²) in [5, 5.41) is 4.12. The van der Waals surface area contributed by atoms with E-state index in [4.69, 9.17) is 4.74 Å². The molecule has 0 unspecified atom stereocenters. The number of carbonyl (C=O) groups excluding carboxylic acids is 1. The second-order valence-corrected chi connectivity index (χ2v) is 6.96. The summed E-state index contributed by atoms with van der Waals surface area (Å²) in [6.07, 6.45) is 0. The number of pyridine rings is 1. The van der Waals surface area contributed by atoms with Gasteiger partial charge in [0.15, 0.2) is 5.43 Å². The fraction of sp³-hybridized carbons (Fsp3) is 0.167. The average molecular weight is 386 g/mol. The van der Waals surface area contributed by atoms with Crippen molar-refractivity contribution >= 4 is 27.7 Å². The standard InChI is InChI=1S/C24H22N2O3/c1-17-7-6-8-18(15-17)29-14-13-25-23(27)16-26-21-11-4-2-9-19(21)24(28)20-10-3-5-12-22(20)26/h2-12,15H,13-14,16H2,1H3,(H,25,27). The van der Waals surface area contributed by atoms with Gasteiger partial charge < -0.3 is 14.6 Å². The summed E-state index contributed by atoms with van der Waals surface area (Å²) >= 11 is 0. The lowest BCUT2D eigenvalue weighted by Gasteiger charge is -2.15. The van der Waals surface area contributed by atoms with Crippen LogP contribution in [0.2, 0.25) is 0 Å². The Morgan fingerprint density at radius 1 is 0.931 bits per heavy atom. The first kappa shape index (κ1) is 18.7. The van der Waals surface area contributed by atoms with Gasteiger partial charge in [-0.3, -0.25) is 9.59 Å². The number of nitrogens with one attached hydrogen (secondary N) is 1. The van der Waals surface area contributed by atoms with Crippen molar-refractivity contribution < 1.29 is 9.53 Å². The molecule has 3 aromatic carbocycles. The van der Waals surface area contributed by atoms with Crippen molar-refractivity contribution in [1.29, 1.82) is 0 Å². The van der Waals surface area contributed by atoms with Crippen LogP contribution in [0.4, 0.5) is 0 Å². The van der Waals surface area contributed by atoms with Gasteiger partial charge in [-0.25, -0.2) is 0 Å². The van der Waals surface area contributed by atoms with E-state index in [0.717, 1.165) is 22.3 Å². The summed E-state index contributed by atoms with van der Waals surface area (Å²) in [6, 6.07) is 22.6. The van der Waals surface area contributed by atoms with E-state index in [1.807, 2.05) is 72.2 Å². The van der Waals surface area contributed by atoms with Crippen LogP contribution in [-0.2, 0) is 11.3 Å². The van der Waals surface area contributed by atoms with Gasteiger partial charge in [0.1, 0.15) is 18.9 Å². The lowest BCUT2D eigenvalue weighted by Crippen LogP contribution is -2.31. The highest BCUT2D eigenvalue weighted by Gasteiger charge is 2.12. The van der Waals surface area contributed by atoms with Crippen molar-refractivity contribution in [1.82, 2.24) is 9.88 Å². The lowest BCUT2D eigenvalue weighted by molar-refractivity contribution is -0.121. The van der Waals surface area contributed by atoms with Crippen molar-refractivity contribution in [2.75, 3.05) is 13.2 Å². The number of hydrogen-bond acceptors (Lipinski definition) is 3. The molecule has 4 aromatic rings. The number of rotatable bonds is 6. The van der Waals surface area contributed by atoms with Crippen LogP contribution in [0.15, 0.2) is 77.6 Å². The van der Waals surface area contributed by atoms with Gasteiger partial charge in [-0.1, -0.05) is 36.4 Å². The Kier molecular flexibility index (Phi) is 5.29. The van der Waals surface area contributed by atoms with Crippen LogP contribution in [0.1, 0.15) is 5.56 Å². The maximum Gasteiger partial charge on any atom is 0.240 e. The number of aryl methyl sites for hydroxylation is 1. The molecule has 0 saturated heterocycles. The van der Waals surface area contributed by atoms with Gasteiger partial charge in [0.2, 0.25) is 5.91 Å². The van der Waals surface area contributed by atoms with Gasteiger partial charge in [0, 0.05) is 10.8 Å². The fourth-order valence-electron chi connectivity index (χ4n) is 3.51. The van der Waals surface area contributed by atoms with Crippen LogP contribution in [0.3, 0.4) is 0 Å². The number of nitrogens with zero attached hydrogens (tertiary/aromatic N) is 1. The highest BCUT2D eigenvalue weighted by molar-refractivity contribution is 5.94. The second kappa shape index (κ2) is 8.19. The summed E-state index contributed by atoms with van der Waals surface area (Å²) in [5.41, 5.74) is 2.62. The minimum absolute atomic E-state index is 0.0144. The molecule has 5 nitrogen and oxygen atoms in total. The molecule has 0 aliphatic carbocycles. The van der Waals surface area contributed by atoms with Crippen LogP contribution < -0.4 is 15.5 Å². The van der Waals surface area contributed by atoms with Gasteiger partial charge in [-0.15, -0.1) is 0 Å². The van der Waals surface area contributed by atoms with Crippen molar-refractivity contribution in [3.63, 3.8) is 0 Å². The Bertz CT molecular complexity index is 1180. The zero-order chi connectivity index (χ0) is 20.2. The second-order valence-electron chi connectivity index (χ2n) is 6.96. The molecule has 0 bridgehead atoms. The summed E-state index contributed by atoms with van der Waals surface area (Å²) in [5.74, 6) is 0.661. The Labute approximate surface area is 168 Å². The largest absolute Gasteiger partial charge is 0.492 e. The predicted octanol–water partition coefficient (Wildman–Crippen LogP) is 3.66. The van der Waals surface area contributed by atoms with Crippen LogP contribution in [-0.4, -0.2) is 23.6 Å². The number of benzene rings is 3. The molecule has 4 rings (SSSR count). The third-order valence-electron chi connectivity index (χ3n) is 4.86. The van der Waals surface area contributed by atoms with E-state index in [9.17, 15) is 9.59 Å². The number of amides is 1. The van der Waals surface area contributed by atoms with Crippen molar-refractivity contribution in [2.24, 2.45) is 0 Å². The van der Waals surface area contributed by atoms with E-state index in [1.165, 1.54) is 0 Å². The van der Waals surface area contributed by atoms with Gasteiger partial charge in [0.25, 0.3) is 0 Å². The zero-order valence-electron chi connectivity index (χ0n) is 16.2. The number of carbonyl (C=O) groups is 1. The first-order valence-electron chi connectivity index (χ1n) is 9.60. The third-order valence-corrected chi connectivity index (χ3v) is 4.86. The molecule has 1 heterocycles. The summed E-state index contributed by atoms with van der Waals surface area (Å²) < 4.78 is 7.57. The van der Waals surface area contributed by atoms with Crippen LogP contribution in [0.5, 0.6) is 5.75 Å². The number of aromatic nitrogens is 1. The van der Waals surface area contributed by atoms with E-state index in [2.05, 4.69) is 5.32 Å². The van der Waals surface area contributed by atoms with Gasteiger partial charge >= 0.3 is 0 Å². The minimum atomic E-state index is -0.128. The molecular weight excluding hydrogens is 364 g/mol. The number of fused-ring (bicyclic) bond motifs is 2. The Morgan fingerprint density at radius 2 is 1.59 bits per heavy atom. The van der Waals surface area contributed by atoms with Crippen LogP contribution in [0.25, 0.3) is 21.8 Å². The fourth-order valence-corrected chi connectivity index (χ4v) is 3.51. The monoisotopic (exact) mass is 386 g/mol. The molecule has 0 fully saturated rings. The van der Waals surface area contributed by atoms with Crippen LogP contribution in [0, 0.1) is 6.92 Å². The summed E-state index contributed by atoms with van der Waals surface area (Å²) in [7, 11) is 0. The van der Waals surface area contributed by atoms with Crippen molar-refractivity contribution in [3.8, 4) is 5.75 Å². The predicted molar refractivity (Wildman–Crippen MR) is 115 cm³/mol. The SMILES string of the molecule is Cc1cccc(OCCNC(=O)Cn2c3ccccc3c(=O)c3ccccc32)c1. The first-order chi connectivity index (χ1) is 14.1. The van der Waals surface area contributed by atoms with Crippen molar-refractivity contribution in [3.05, 3.63) is 88.6 Å². The Morgan fingerprint density at radius 3 is 2.24 bits per heavy atom. The van der Waals surface area contributed by atoms with Gasteiger partial charge in [-0.2, -0.15) is 0 Å². The molecule has 1 aromatic heterocycles. The summed E-state index contributed by atoms with van der Waals surface area (Å²) in [6.45, 7) is 2.93.